The summed E-state index contributed by atoms with van der Waals surface area (Å²) in [4.78, 5) is 16.3. The Hall–Kier alpha value is -3.02. The van der Waals surface area contributed by atoms with Gasteiger partial charge in [-0.2, -0.15) is 5.10 Å². The smallest absolute Gasteiger partial charge is 0.257 e. The maximum atomic E-state index is 13.7. The first-order valence-corrected chi connectivity index (χ1v) is 6.67. The van der Waals surface area contributed by atoms with Crippen LogP contribution in [-0.4, -0.2) is 20.7 Å². The van der Waals surface area contributed by atoms with E-state index in [9.17, 15) is 9.18 Å². The van der Waals surface area contributed by atoms with Gasteiger partial charge in [0.05, 0.1) is 11.3 Å². The Morgan fingerprint density at radius 3 is 2.77 bits per heavy atom. The van der Waals surface area contributed by atoms with E-state index in [0.29, 0.717) is 11.4 Å². The van der Waals surface area contributed by atoms with Crippen molar-refractivity contribution in [1.82, 2.24) is 14.8 Å². The van der Waals surface area contributed by atoms with E-state index >= 15 is 0 Å². The van der Waals surface area contributed by atoms with Crippen molar-refractivity contribution in [3.63, 3.8) is 0 Å². The molecule has 1 N–H and O–H groups in total. The molecule has 1 amide bonds. The average molecular weight is 296 g/mol. The number of hydrogen-bond acceptors (Lipinski definition) is 3. The maximum absolute atomic E-state index is 13.7. The summed E-state index contributed by atoms with van der Waals surface area (Å²) in [6.45, 7) is 1.78. The first kappa shape index (κ1) is 13.9. The lowest BCUT2D eigenvalue weighted by molar-refractivity contribution is 0.102. The number of carbonyl (C=O) groups is 1. The number of anilines is 1. The molecule has 0 saturated carbocycles. The number of nitrogens with zero attached hydrogens (tertiary/aromatic N) is 3. The molecule has 0 bridgehead atoms. The number of aromatic nitrogens is 3. The fraction of sp³-hybridized carbons (Fsp3) is 0.0625. The molecule has 2 heterocycles. The predicted molar refractivity (Wildman–Crippen MR) is 80.4 cm³/mol. The Morgan fingerprint density at radius 2 is 2.14 bits per heavy atom. The third-order valence-corrected chi connectivity index (χ3v) is 3.12. The summed E-state index contributed by atoms with van der Waals surface area (Å²) in [5.74, 6) is -0.278. The van der Waals surface area contributed by atoms with Crippen molar-refractivity contribution in [3.8, 4) is 5.82 Å². The van der Waals surface area contributed by atoms with Gasteiger partial charge in [-0.15, -0.1) is 0 Å². The monoisotopic (exact) mass is 296 g/mol. The SMILES string of the molecule is Cc1ccc(NC(=O)c2ccc(-n3cccn3)nc2)c(F)c1. The first-order chi connectivity index (χ1) is 10.6. The minimum Gasteiger partial charge on any atom is -0.319 e. The van der Waals surface area contributed by atoms with Crippen LogP contribution in [0, 0.1) is 12.7 Å². The molecule has 0 atom stereocenters. The lowest BCUT2D eigenvalue weighted by atomic mass is 10.2. The van der Waals surface area contributed by atoms with Gasteiger partial charge in [0.1, 0.15) is 5.82 Å². The van der Waals surface area contributed by atoms with E-state index in [-0.39, 0.29) is 5.69 Å². The van der Waals surface area contributed by atoms with Gasteiger partial charge in [-0.05, 0) is 42.8 Å². The summed E-state index contributed by atoms with van der Waals surface area (Å²) < 4.78 is 15.3. The summed E-state index contributed by atoms with van der Waals surface area (Å²) in [6.07, 6.45) is 4.82. The normalized spacial score (nSPS) is 10.5. The topological polar surface area (TPSA) is 59.8 Å². The Balaban J connectivity index is 1.77. The van der Waals surface area contributed by atoms with Gasteiger partial charge in [-0.25, -0.2) is 14.1 Å². The molecule has 1 aromatic carbocycles. The second kappa shape index (κ2) is 5.77. The molecule has 0 radical (unpaired) electrons. The van der Waals surface area contributed by atoms with Crippen LogP contribution in [0.15, 0.2) is 55.0 Å². The molecule has 0 aliphatic rings. The highest BCUT2D eigenvalue weighted by Gasteiger charge is 2.10. The predicted octanol–water partition coefficient (Wildman–Crippen LogP) is 2.97. The number of nitrogens with one attached hydrogen (secondary N) is 1. The van der Waals surface area contributed by atoms with Crippen molar-refractivity contribution in [1.29, 1.82) is 0 Å². The van der Waals surface area contributed by atoms with Gasteiger partial charge < -0.3 is 5.32 Å². The van der Waals surface area contributed by atoms with Crippen LogP contribution < -0.4 is 5.32 Å². The Bertz CT molecular complexity index is 798. The molecule has 22 heavy (non-hydrogen) atoms. The first-order valence-electron chi connectivity index (χ1n) is 6.67. The zero-order chi connectivity index (χ0) is 15.5. The van der Waals surface area contributed by atoms with Gasteiger partial charge in [-0.1, -0.05) is 6.07 Å². The minimum absolute atomic E-state index is 0.145. The number of amides is 1. The van der Waals surface area contributed by atoms with Crippen LogP contribution in [-0.2, 0) is 0 Å². The third-order valence-electron chi connectivity index (χ3n) is 3.12. The fourth-order valence-corrected chi connectivity index (χ4v) is 1.98. The maximum Gasteiger partial charge on any atom is 0.257 e. The second-order valence-electron chi connectivity index (χ2n) is 4.79. The van der Waals surface area contributed by atoms with E-state index in [1.807, 2.05) is 0 Å². The largest absolute Gasteiger partial charge is 0.319 e. The van der Waals surface area contributed by atoms with Crippen LogP contribution in [0.2, 0.25) is 0 Å². The average Bonchev–Trinajstić information content (AvgIpc) is 3.04. The van der Waals surface area contributed by atoms with Crippen molar-refractivity contribution < 1.29 is 9.18 Å². The Labute approximate surface area is 126 Å². The zero-order valence-electron chi connectivity index (χ0n) is 11.8. The van der Waals surface area contributed by atoms with Crippen molar-refractivity contribution in [3.05, 3.63) is 71.9 Å². The molecule has 0 saturated heterocycles. The van der Waals surface area contributed by atoms with Gasteiger partial charge in [0.25, 0.3) is 5.91 Å². The number of carbonyl (C=O) groups excluding carboxylic acids is 1. The number of benzene rings is 1. The molecule has 5 nitrogen and oxygen atoms in total. The highest BCUT2D eigenvalue weighted by molar-refractivity contribution is 6.04. The number of aryl methyl sites for hydroxylation is 1. The molecular weight excluding hydrogens is 283 g/mol. The van der Waals surface area contributed by atoms with Crippen LogP contribution in [0.3, 0.4) is 0 Å². The van der Waals surface area contributed by atoms with Gasteiger partial charge in [0.15, 0.2) is 5.82 Å². The standard InChI is InChI=1S/C16H13FN4O/c1-11-3-5-14(13(17)9-11)20-16(22)12-4-6-15(18-10-12)21-8-2-7-19-21/h2-10H,1H3,(H,20,22). The summed E-state index contributed by atoms with van der Waals surface area (Å²) in [5, 5.41) is 6.58. The lowest BCUT2D eigenvalue weighted by Crippen LogP contribution is -2.13. The summed E-state index contributed by atoms with van der Waals surface area (Å²) in [6, 6.07) is 9.71. The molecule has 6 heteroatoms. The molecule has 0 fully saturated rings. The molecule has 0 aliphatic carbocycles. The summed E-state index contributed by atoms with van der Waals surface area (Å²) in [5.41, 5.74) is 1.28. The van der Waals surface area contributed by atoms with Crippen LogP contribution in [0.4, 0.5) is 10.1 Å². The number of hydrogen-bond donors (Lipinski definition) is 1. The van der Waals surface area contributed by atoms with Crippen LogP contribution in [0.1, 0.15) is 15.9 Å². The van der Waals surface area contributed by atoms with Crippen molar-refractivity contribution in [2.24, 2.45) is 0 Å². The van der Waals surface area contributed by atoms with Crippen LogP contribution >= 0.6 is 0 Å². The number of rotatable bonds is 3. The van der Waals surface area contributed by atoms with Gasteiger partial charge >= 0.3 is 0 Å². The number of pyridine rings is 1. The van der Waals surface area contributed by atoms with E-state index in [1.165, 1.54) is 18.3 Å². The molecule has 3 aromatic rings. The lowest BCUT2D eigenvalue weighted by Gasteiger charge is -2.07. The van der Waals surface area contributed by atoms with Gasteiger partial charge in [-0.3, -0.25) is 4.79 Å². The molecule has 110 valence electrons. The summed E-state index contributed by atoms with van der Waals surface area (Å²) in [7, 11) is 0. The highest BCUT2D eigenvalue weighted by Crippen LogP contribution is 2.16. The van der Waals surface area contributed by atoms with E-state index in [1.54, 1.807) is 48.3 Å². The van der Waals surface area contributed by atoms with Gasteiger partial charge in [0, 0.05) is 18.6 Å². The molecule has 0 unspecified atom stereocenters. The van der Waals surface area contributed by atoms with Crippen LogP contribution in [0.25, 0.3) is 5.82 Å². The van der Waals surface area contributed by atoms with Crippen molar-refractivity contribution in [2.45, 2.75) is 6.92 Å². The molecule has 3 rings (SSSR count). The van der Waals surface area contributed by atoms with E-state index in [2.05, 4.69) is 15.4 Å². The molecule has 2 aromatic heterocycles. The van der Waals surface area contributed by atoms with E-state index < -0.39 is 11.7 Å². The Morgan fingerprint density at radius 1 is 1.27 bits per heavy atom. The van der Waals surface area contributed by atoms with Crippen LogP contribution in [0.5, 0.6) is 0 Å². The van der Waals surface area contributed by atoms with Gasteiger partial charge in [0.2, 0.25) is 0 Å². The number of halogens is 1. The highest BCUT2D eigenvalue weighted by atomic mass is 19.1. The molecule has 0 aliphatic heterocycles. The minimum atomic E-state index is -0.463. The van der Waals surface area contributed by atoms with E-state index in [4.69, 9.17) is 0 Å². The zero-order valence-corrected chi connectivity index (χ0v) is 11.8. The Kier molecular flexibility index (Phi) is 3.65. The van der Waals surface area contributed by atoms with Crippen molar-refractivity contribution in [2.75, 3.05) is 5.32 Å². The third kappa shape index (κ3) is 2.85. The van der Waals surface area contributed by atoms with Crippen molar-refractivity contribution >= 4 is 11.6 Å². The second-order valence-corrected chi connectivity index (χ2v) is 4.79. The summed E-state index contributed by atoms with van der Waals surface area (Å²) >= 11 is 0. The quantitative estimate of drug-likeness (QED) is 0.808. The van der Waals surface area contributed by atoms with E-state index in [0.717, 1.165) is 5.56 Å². The molecule has 0 spiro atoms. The molecular formula is C16H13FN4O. The fourth-order valence-electron chi connectivity index (χ4n) is 1.98.